The number of carbonyl (C=O) groups is 1. The van der Waals surface area contributed by atoms with E-state index in [0.29, 0.717) is 6.04 Å². The first kappa shape index (κ1) is 14.8. The summed E-state index contributed by atoms with van der Waals surface area (Å²) in [6.45, 7) is 8.29. The standard InChI is InChI=1S/C16H30N2O/c1-16(2,3)15(19)17-13-9-11-18(12-10-13)14-7-5-4-6-8-14/h13-14H,4-12H2,1-3H3,(H,17,19). The average Bonchev–Trinajstić information content (AvgIpc) is 2.39. The summed E-state index contributed by atoms with van der Waals surface area (Å²) in [5.74, 6) is 0.198. The predicted octanol–water partition coefficient (Wildman–Crippen LogP) is 2.95. The monoisotopic (exact) mass is 266 g/mol. The minimum absolute atomic E-state index is 0.198. The summed E-state index contributed by atoms with van der Waals surface area (Å²) in [5, 5.41) is 3.22. The molecule has 3 nitrogen and oxygen atoms in total. The average molecular weight is 266 g/mol. The molecule has 0 aromatic carbocycles. The first-order valence-corrected chi connectivity index (χ1v) is 8.02. The molecular weight excluding hydrogens is 236 g/mol. The molecule has 3 heteroatoms. The van der Waals surface area contributed by atoms with Crippen LogP contribution in [0.2, 0.25) is 0 Å². The van der Waals surface area contributed by atoms with Crippen LogP contribution >= 0.6 is 0 Å². The zero-order chi connectivity index (χ0) is 13.9. The minimum Gasteiger partial charge on any atom is -0.353 e. The molecule has 1 saturated carbocycles. The highest BCUT2D eigenvalue weighted by molar-refractivity contribution is 5.81. The number of piperidine rings is 1. The number of rotatable bonds is 2. The second-order valence-corrected chi connectivity index (χ2v) is 7.33. The van der Waals surface area contributed by atoms with Crippen LogP contribution < -0.4 is 5.32 Å². The van der Waals surface area contributed by atoms with Crippen molar-refractivity contribution in [3.05, 3.63) is 0 Å². The second-order valence-electron chi connectivity index (χ2n) is 7.33. The molecule has 0 aromatic heterocycles. The van der Waals surface area contributed by atoms with Crippen LogP contribution in [0.15, 0.2) is 0 Å². The maximum atomic E-state index is 12.0. The Kier molecular flexibility index (Phi) is 4.88. The van der Waals surface area contributed by atoms with Crippen LogP contribution in [-0.2, 0) is 4.79 Å². The van der Waals surface area contributed by atoms with Gasteiger partial charge >= 0.3 is 0 Å². The molecule has 0 bridgehead atoms. The van der Waals surface area contributed by atoms with E-state index >= 15 is 0 Å². The third-order valence-corrected chi connectivity index (χ3v) is 4.64. The van der Waals surface area contributed by atoms with E-state index in [-0.39, 0.29) is 11.3 Å². The van der Waals surface area contributed by atoms with Gasteiger partial charge in [-0.15, -0.1) is 0 Å². The maximum absolute atomic E-state index is 12.0. The van der Waals surface area contributed by atoms with E-state index in [1.807, 2.05) is 20.8 Å². The van der Waals surface area contributed by atoms with Gasteiger partial charge in [0.05, 0.1) is 0 Å². The molecule has 1 saturated heterocycles. The lowest BCUT2D eigenvalue weighted by atomic mass is 9.91. The first-order chi connectivity index (χ1) is 8.97. The van der Waals surface area contributed by atoms with Crippen molar-refractivity contribution < 1.29 is 4.79 Å². The van der Waals surface area contributed by atoms with Gasteiger partial charge in [-0.2, -0.15) is 0 Å². The third kappa shape index (κ3) is 4.20. The second kappa shape index (κ2) is 6.25. The molecule has 0 aromatic rings. The predicted molar refractivity (Wildman–Crippen MR) is 79.1 cm³/mol. The Labute approximate surface area is 118 Å². The summed E-state index contributed by atoms with van der Waals surface area (Å²) in [7, 11) is 0. The van der Waals surface area contributed by atoms with Gasteiger partial charge in [0.15, 0.2) is 0 Å². The Bertz CT molecular complexity index is 294. The van der Waals surface area contributed by atoms with Crippen molar-refractivity contribution in [2.24, 2.45) is 5.41 Å². The van der Waals surface area contributed by atoms with Gasteiger partial charge in [-0.1, -0.05) is 40.0 Å². The van der Waals surface area contributed by atoms with Crippen molar-refractivity contribution in [3.63, 3.8) is 0 Å². The van der Waals surface area contributed by atoms with Gasteiger partial charge in [-0.05, 0) is 25.7 Å². The fourth-order valence-electron chi connectivity index (χ4n) is 3.26. The fraction of sp³-hybridized carbons (Fsp3) is 0.938. The molecule has 0 spiro atoms. The Morgan fingerprint density at radius 1 is 1.00 bits per heavy atom. The lowest BCUT2D eigenvalue weighted by molar-refractivity contribution is -0.129. The third-order valence-electron chi connectivity index (χ3n) is 4.64. The number of nitrogens with zero attached hydrogens (tertiary/aromatic N) is 1. The van der Waals surface area contributed by atoms with Gasteiger partial charge in [-0.25, -0.2) is 0 Å². The van der Waals surface area contributed by atoms with E-state index in [0.717, 1.165) is 18.9 Å². The molecule has 19 heavy (non-hydrogen) atoms. The van der Waals surface area contributed by atoms with Gasteiger partial charge in [0, 0.05) is 30.6 Å². The van der Waals surface area contributed by atoms with E-state index < -0.39 is 0 Å². The van der Waals surface area contributed by atoms with E-state index in [1.165, 1.54) is 45.2 Å². The van der Waals surface area contributed by atoms with Crippen molar-refractivity contribution >= 4 is 5.91 Å². The molecule has 0 unspecified atom stereocenters. The lowest BCUT2D eigenvalue weighted by Gasteiger charge is -2.39. The zero-order valence-electron chi connectivity index (χ0n) is 12.9. The summed E-state index contributed by atoms with van der Waals surface area (Å²) in [6, 6.07) is 1.22. The molecule has 1 amide bonds. The summed E-state index contributed by atoms with van der Waals surface area (Å²) in [6.07, 6.45) is 9.26. The molecule has 1 aliphatic carbocycles. The smallest absolute Gasteiger partial charge is 0.225 e. The minimum atomic E-state index is -0.263. The Morgan fingerprint density at radius 2 is 1.58 bits per heavy atom. The Balaban J connectivity index is 1.74. The van der Waals surface area contributed by atoms with Crippen LogP contribution in [0.1, 0.15) is 65.7 Å². The van der Waals surface area contributed by atoms with Gasteiger partial charge in [0.2, 0.25) is 5.91 Å². The van der Waals surface area contributed by atoms with Crippen molar-refractivity contribution in [2.45, 2.75) is 77.8 Å². The lowest BCUT2D eigenvalue weighted by Crippen LogP contribution is -2.50. The van der Waals surface area contributed by atoms with Crippen molar-refractivity contribution in [2.75, 3.05) is 13.1 Å². The van der Waals surface area contributed by atoms with Gasteiger partial charge in [-0.3, -0.25) is 4.79 Å². The van der Waals surface area contributed by atoms with Gasteiger partial charge in [0.25, 0.3) is 0 Å². The van der Waals surface area contributed by atoms with E-state index in [9.17, 15) is 4.79 Å². The molecule has 1 heterocycles. The highest BCUT2D eigenvalue weighted by atomic mass is 16.2. The largest absolute Gasteiger partial charge is 0.353 e. The Hall–Kier alpha value is -0.570. The van der Waals surface area contributed by atoms with Crippen molar-refractivity contribution in [3.8, 4) is 0 Å². The maximum Gasteiger partial charge on any atom is 0.225 e. The zero-order valence-corrected chi connectivity index (χ0v) is 12.9. The number of hydrogen-bond donors (Lipinski definition) is 1. The number of amides is 1. The quantitative estimate of drug-likeness (QED) is 0.833. The topological polar surface area (TPSA) is 32.3 Å². The summed E-state index contributed by atoms with van der Waals surface area (Å²) >= 11 is 0. The Morgan fingerprint density at radius 3 is 2.11 bits per heavy atom. The summed E-state index contributed by atoms with van der Waals surface area (Å²) in [4.78, 5) is 14.7. The van der Waals surface area contributed by atoms with E-state index in [2.05, 4.69) is 10.2 Å². The normalized spacial score (nSPS) is 24.4. The summed E-state index contributed by atoms with van der Waals surface area (Å²) < 4.78 is 0. The van der Waals surface area contributed by atoms with Crippen LogP contribution in [-0.4, -0.2) is 36.0 Å². The molecule has 110 valence electrons. The van der Waals surface area contributed by atoms with Crippen molar-refractivity contribution in [1.82, 2.24) is 10.2 Å². The van der Waals surface area contributed by atoms with Gasteiger partial charge in [0.1, 0.15) is 0 Å². The molecule has 0 atom stereocenters. The van der Waals surface area contributed by atoms with Gasteiger partial charge < -0.3 is 10.2 Å². The SMILES string of the molecule is CC(C)(C)C(=O)NC1CCN(C2CCCCC2)CC1. The van der Waals surface area contributed by atoms with Crippen LogP contribution in [0, 0.1) is 5.41 Å². The molecule has 0 radical (unpaired) electrons. The molecule has 2 rings (SSSR count). The van der Waals surface area contributed by atoms with E-state index in [1.54, 1.807) is 0 Å². The first-order valence-electron chi connectivity index (χ1n) is 8.02. The van der Waals surface area contributed by atoms with Crippen molar-refractivity contribution in [1.29, 1.82) is 0 Å². The highest BCUT2D eigenvalue weighted by Gasteiger charge is 2.29. The molecule has 1 N–H and O–H groups in total. The highest BCUT2D eigenvalue weighted by Crippen LogP contribution is 2.25. The molecule has 2 fully saturated rings. The van der Waals surface area contributed by atoms with Crippen LogP contribution in [0.5, 0.6) is 0 Å². The van der Waals surface area contributed by atoms with E-state index in [4.69, 9.17) is 0 Å². The van der Waals surface area contributed by atoms with Crippen LogP contribution in [0.3, 0.4) is 0 Å². The molecule has 1 aliphatic heterocycles. The molecule has 2 aliphatic rings. The number of nitrogens with one attached hydrogen (secondary N) is 1. The fourth-order valence-corrected chi connectivity index (χ4v) is 3.26. The number of likely N-dealkylation sites (tertiary alicyclic amines) is 1. The number of carbonyl (C=O) groups excluding carboxylic acids is 1. The summed E-state index contributed by atoms with van der Waals surface area (Å²) in [5.41, 5.74) is -0.263. The number of hydrogen-bond acceptors (Lipinski definition) is 2. The van der Waals surface area contributed by atoms with Crippen LogP contribution in [0.25, 0.3) is 0 Å². The van der Waals surface area contributed by atoms with Crippen LogP contribution in [0.4, 0.5) is 0 Å². The molecular formula is C16H30N2O.